The van der Waals surface area contributed by atoms with Gasteiger partial charge in [-0.3, -0.25) is 9.59 Å². The van der Waals surface area contributed by atoms with Gasteiger partial charge >= 0.3 is 0 Å². The molecule has 0 atom stereocenters. The van der Waals surface area contributed by atoms with Gasteiger partial charge in [-0.15, -0.1) is 0 Å². The molecular weight excluding hydrogens is 426 g/mol. The quantitative estimate of drug-likeness (QED) is 0.626. The molecule has 3 aromatic rings. The normalized spacial score (nSPS) is 18.8. The van der Waals surface area contributed by atoms with Crippen molar-refractivity contribution in [2.75, 3.05) is 33.3 Å². The van der Waals surface area contributed by atoms with E-state index in [0.29, 0.717) is 31.8 Å². The molecule has 0 spiro atoms. The number of amides is 2. The number of fused-ring (bicyclic) bond motifs is 1. The molecule has 2 fully saturated rings. The van der Waals surface area contributed by atoms with E-state index >= 15 is 0 Å². The third-order valence-corrected chi connectivity index (χ3v) is 7.94. The van der Waals surface area contributed by atoms with Gasteiger partial charge in [-0.1, -0.05) is 30.3 Å². The van der Waals surface area contributed by atoms with Crippen LogP contribution in [0.15, 0.2) is 54.7 Å². The first-order valence-electron chi connectivity index (χ1n) is 12.3. The Morgan fingerprint density at radius 3 is 2.32 bits per heavy atom. The van der Waals surface area contributed by atoms with Crippen LogP contribution in [0.4, 0.5) is 0 Å². The second kappa shape index (κ2) is 9.16. The Morgan fingerprint density at radius 1 is 0.971 bits per heavy atom. The van der Waals surface area contributed by atoms with Gasteiger partial charge in [-0.2, -0.15) is 0 Å². The van der Waals surface area contributed by atoms with Crippen LogP contribution in [0.25, 0.3) is 10.9 Å². The van der Waals surface area contributed by atoms with Crippen molar-refractivity contribution >= 4 is 22.7 Å². The first kappa shape index (κ1) is 22.5. The van der Waals surface area contributed by atoms with Gasteiger partial charge in [0, 0.05) is 50.2 Å². The van der Waals surface area contributed by atoms with Crippen molar-refractivity contribution in [1.29, 1.82) is 0 Å². The van der Waals surface area contributed by atoms with Crippen LogP contribution in [-0.4, -0.2) is 59.9 Å². The molecule has 3 heterocycles. The molecule has 2 saturated heterocycles. The fraction of sp³-hybridized carbons (Fsp3) is 0.429. The van der Waals surface area contributed by atoms with Gasteiger partial charge in [0.1, 0.15) is 5.75 Å². The first-order chi connectivity index (χ1) is 16.5. The molecule has 1 N–H and O–H groups in total. The summed E-state index contributed by atoms with van der Waals surface area (Å²) >= 11 is 0. The molecule has 2 amide bonds. The van der Waals surface area contributed by atoms with Crippen LogP contribution in [-0.2, 0) is 15.0 Å². The van der Waals surface area contributed by atoms with Crippen molar-refractivity contribution in [3.8, 4) is 5.75 Å². The van der Waals surface area contributed by atoms with Crippen LogP contribution >= 0.6 is 0 Å². The molecule has 0 unspecified atom stereocenters. The Labute approximate surface area is 200 Å². The van der Waals surface area contributed by atoms with Gasteiger partial charge in [-0.25, -0.2) is 0 Å². The Morgan fingerprint density at radius 2 is 1.68 bits per heavy atom. The number of hydrogen-bond acceptors (Lipinski definition) is 3. The molecule has 0 bridgehead atoms. The zero-order valence-electron chi connectivity index (χ0n) is 20.0. The minimum atomic E-state index is -0.547. The maximum atomic E-state index is 14.0. The van der Waals surface area contributed by atoms with Gasteiger partial charge < -0.3 is 19.5 Å². The Kier molecular flexibility index (Phi) is 6.07. The molecule has 34 heavy (non-hydrogen) atoms. The highest BCUT2D eigenvalue weighted by Gasteiger charge is 2.46. The van der Waals surface area contributed by atoms with E-state index in [2.05, 4.69) is 40.3 Å². The van der Waals surface area contributed by atoms with E-state index in [-0.39, 0.29) is 11.8 Å². The number of ether oxygens (including phenoxy) is 1. The molecule has 0 aliphatic carbocycles. The number of carbonyl (C=O) groups excluding carboxylic acids is 2. The maximum absolute atomic E-state index is 14.0. The van der Waals surface area contributed by atoms with E-state index in [9.17, 15) is 9.59 Å². The molecule has 2 aromatic carbocycles. The smallest absolute Gasteiger partial charge is 0.233 e. The third kappa shape index (κ3) is 3.95. The molecule has 6 heteroatoms. The summed E-state index contributed by atoms with van der Waals surface area (Å²) in [6, 6.07) is 16.3. The molecule has 0 saturated carbocycles. The summed E-state index contributed by atoms with van der Waals surface area (Å²) in [7, 11) is 1.70. The second-order valence-electron chi connectivity index (χ2n) is 9.68. The molecule has 2 aliphatic rings. The predicted molar refractivity (Wildman–Crippen MR) is 133 cm³/mol. The molecular formula is C28H33N3O3. The lowest BCUT2D eigenvalue weighted by atomic mass is 9.71. The summed E-state index contributed by atoms with van der Waals surface area (Å²) in [5.41, 5.74) is 2.96. The molecule has 1 aromatic heterocycles. The van der Waals surface area contributed by atoms with Crippen molar-refractivity contribution in [2.45, 2.75) is 43.9 Å². The van der Waals surface area contributed by atoms with Crippen LogP contribution in [0.2, 0.25) is 0 Å². The standard InChI is InChI=1S/C28H33N3O3/c1-20(32)30-16-12-28(13-17-30,22-6-4-3-5-7-22)27(33)31-14-10-21(11-15-31)25-19-29-26-9-8-23(34-2)18-24(25)26/h3-9,18-19,21,29H,10-17H2,1-2H3. The number of carbonyl (C=O) groups is 2. The van der Waals surface area contributed by atoms with Crippen molar-refractivity contribution in [2.24, 2.45) is 0 Å². The highest BCUT2D eigenvalue weighted by atomic mass is 16.5. The zero-order chi connectivity index (χ0) is 23.7. The number of hydrogen-bond donors (Lipinski definition) is 1. The molecule has 6 nitrogen and oxygen atoms in total. The summed E-state index contributed by atoms with van der Waals surface area (Å²) in [5.74, 6) is 1.59. The van der Waals surface area contributed by atoms with Crippen molar-refractivity contribution in [1.82, 2.24) is 14.8 Å². The average molecular weight is 460 g/mol. The molecule has 5 rings (SSSR count). The summed E-state index contributed by atoms with van der Waals surface area (Å²) in [6.07, 6.45) is 5.37. The van der Waals surface area contributed by atoms with E-state index in [1.807, 2.05) is 29.2 Å². The van der Waals surface area contributed by atoms with E-state index in [1.54, 1.807) is 14.0 Å². The molecule has 0 radical (unpaired) electrons. The SMILES string of the molecule is COc1ccc2[nH]cc(C3CCN(C(=O)C4(c5ccccc5)CCN(C(C)=O)CC4)CC3)c2c1. The first-order valence-corrected chi connectivity index (χ1v) is 12.3. The highest BCUT2D eigenvalue weighted by molar-refractivity contribution is 5.89. The summed E-state index contributed by atoms with van der Waals surface area (Å²) < 4.78 is 5.43. The Hall–Kier alpha value is -3.28. The Balaban J connectivity index is 1.34. The summed E-state index contributed by atoms with van der Waals surface area (Å²) in [4.78, 5) is 33.3. The van der Waals surface area contributed by atoms with Crippen molar-refractivity contribution < 1.29 is 14.3 Å². The van der Waals surface area contributed by atoms with Gasteiger partial charge in [0.2, 0.25) is 11.8 Å². The minimum absolute atomic E-state index is 0.0882. The maximum Gasteiger partial charge on any atom is 0.233 e. The number of methoxy groups -OCH3 is 1. The van der Waals surface area contributed by atoms with Gasteiger partial charge in [-0.05, 0) is 60.9 Å². The number of piperidine rings is 2. The van der Waals surface area contributed by atoms with Crippen LogP contribution in [0.1, 0.15) is 49.7 Å². The summed E-state index contributed by atoms with van der Waals surface area (Å²) in [5, 5.41) is 1.21. The number of H-pyrrole nitrogens is 1. The topological polar surface area (TPSA) is 65.6 Å². The van der Waals surface area contributed by atoms with Crippen LogP contribution in [0.3, 0.4) is 0 Å². The average Bonchev–Trinajstić information content (AvgIpc) is 3.32. The number of likely N-dealkylation sites (tertiary alicyclic amines) is 2. The second-order valence-corrected chi connectivity index (χ2v) is 9.68. The predicted octanol–water partition coefficient (Wildman–Crippen LogP) is 4.46. The monoisotopic (exact) mass is 459 g/mol. The van der Waals surface area contributed by atoms with Gasteiger partial charge in [0.25, 0.3) is 0 Å². The number of rotatable bonds is 4. The minimum Gasteiger partial charge on any atom is -0.497 e. The highest BCUT2D eigenvalue weighted by Crippen LogP contribution is 2.40. The van der Waals surface area contributed by atoms with Crippen LogP contribution in [0, 0.1) is 0 Å². The van der Waals surface area contributed by atoms with E-state index in [0.717, 1.165) is 42.8 Å². The van der Waals surface area contributed by atoms with Gasteiger partial charge in [0.05, 0.1) is 12.5 Å². The van der Waals surface area contributed by atoms with Crippen LogP contribution in [0.5, 0.6) is 5.75 Å². The fourth-order valence-corrected chi connectivity index (χ4v) is 5.87. The lowest BCUT2D eigenvalue weighted by Gasteiger charge is -2.45. The number of benzene rings is 2. The van der Waals surface area contributed by atoms with E-state index < -0.39 is 5.41 Å². The number of nitrogens with zero attached hydrogens (tertiary/aromatic N) is 2. The lowest BCUT2D eigenvalue weighted by Crippen LogP contribution is -2.54. The number of aromatic amines is 1. The lowest BCUT2D eigenvalue weighted by molar-refractivity contribution is -0.143. The summed E-state index contributed by atoms with van der Waals surface area (Å²) in [6.45, 7) is 4.38. The Bertz CT molecular complexity index is 1170. The number of aromatic nitrogens is 1. The van der Waals surface area contributed by atoms with E-state index in [4.69, 9.17) is 4.74 Å². The van der Waals surface area contributed by atoms with Gasteiger partial charge in [0.15, 0.2) is 0 Å². The largest absolute Gasteiger partial charge is 0.497 e. The van der Waals surface area contributed by atoms with Crippen molar-refractivity contribution in [3.05, 3.63) is 65.9 Å². The number of nitrogens with one attached hydrogen (secondary N) is 1. The van der Waals surface area contributed by atoms with E-state index in [1.165, 1.54) is 10.9 Å². The van der Waals surface area contributed by atoms with Crippen molar-refractivity contribution in [3.63, 3.8) is 0 Å². The van der Waals surface area contributed by atoms with Crippen LogP contribution < -0.4 is 4.74 Å². The zero-order valence-corrected chi connectivity index (χ0v) is 20.0. The third-order valence-electron chi connectivity index (χ3n) is 7.94. The molecule has 2 aliphatic heterocycles. The molecule has 178 valence electrons. The fourth-order valence-electron chi connectivity index (χ4n) is 5.87.